The molecule has 2 saturated carbocycles. The van der Waals surface area contributed by atoms with E-state index in [1.807, 2.05) is 6.07 Å². The molecule has 9 nitrogen and oxygen atoms in total. The van der Waals surface area contributed by atoms with E-state index in [0.717, 1.165) is 50.0 Å². The van der Waals surface area contributed by atoms with Crippen LogP contribution in [0.3, 0.4) is 0 Å². The number of hydrogen-bond donors (Lipinski definition) is 4. The van der Waals surface area contributed by atoms with Crippen LogP contribution in [0.4, 0.5) is 17.2 Å². The summed E-state index contributed by atoms with van der Waals surface area (Å²) in [7, 11) is 0. The van der Waals surface area contributed by atoms with Crippen LogP contribution in [0.1, 0.15) is 68.3 Å². The molecule has 174 valence electrons. The first kappa shape index (κ1) is 21.6. The van der Waals surface area contributed by atoms with Crippen LogP contribution >= 0.6 is 0 Å². The standard InChI is InChI=1S/C24H32N8O/c25-16-6-8-18(9-7-16)29-22-14-20(28-17-4-2-1-3-5-17)23-27-15-21(32(23)31-22)24(33)30-19-10-12-26-13-11-19/h10-18,28H,1-9,25H2,(H,29,31)(H,26,30,33)/t16-,18-. The first-order chi connectivity index (χ1) is 16.2. The summed E-state index contributed by atoms with van der Waals surface area (Å²) in [6, 6.07) is 6.58. The lowest BCUT2D eigenvalue weighted by Crippen LogP contribution is -2.33. The molecule has 0 spiro atoms. The quantitative estimate of drug-likeness (QED) is 0.452. The second-order valence-electron chi connectivity index (χ2n) is 9.25. The zero-order valence-corrected chi connectivity index (χ0v) is 18.8. The first-order valence-corrected chi connectivity index (χ1v) is 12.0. The van der Waals surface area contributed by atoms with Gasteiger partial charge in [-0.3, -0.25) is 9.78 Å². The minimum absolute atomic E-state index is 0.259. The van der Waals surface area contributed by atoms with Gasteiger partial charge in [0, 0.05) is 42.3 Å². The van der Waals surface area contributed by atoms with Crippen LogP contribution < -0.4 is 21.7 Å². The summed E-state index contributed by atoms with van der Waals surface area (Å²) in [6.45, 7) is 0. The fraction of sp³-hybridized carbons (Fsp3) is 0.500. The maximum Gasteiger partial charge on any atom is 0.276 e. The Morgan fingerprint density at radius 2 is 1.70 bits per heavy atom. The number of nitrogens with zero attached hydrogens (tertiary/aromatic N) is 4. The Morgan fingerprint density at radius 1 is 0.970 bits per heavy atom. The average molecular weight is 449 g/mol. The van der Waals surface area contributed by atoms with Crippen LogP contribution in [0.15, 0.2) is 36.8 Å². The monoisotopic (exact) mass is 448 g/mol. The molecule has 3 aromatic rings. The highest BCUT2D eigenvalue weighted by Gasteiger charge is 2.22. The van der Waals surface area contributed by atoms with Crippen LogP contribution in [0.25, 0.3) is 5.65 Å². The van der Waals surface area contributed by atoms with Crippen molar-refractivity contribution in [1.29, 1.82) is 0 Å². The summed E-state index contributed by atoms with van der Waals surface area (Å²) < 4.78 is 1.65. The summed E-state index contributed by atoms with van der Waals surface area (Å²) in [5.74, 6) is 0.489. The van der Waals surface area contributed by atoms with Gasteiger partial charge in [-0.1, -0.05) is 19.3 Å². The van der Waals surface area contributed by atoms with Gasteiger partial charge in [0.15, 0.2) is 11.3 Å². The number of anilines is 3. The molecule has 5 N–H and O–H groups in total. The summed E-state index contributed by atoms with van der Waals surface area (Å²) in [6.07, 6.45) is 15.0. The van der Waals surface area contributed by atoms with Gasteiger partial charge in [0.25, 0.3) is 5.91 Å². The van der Waals surface area contributed by atoms with Crippen LogP contribution in [0, 0.1) is 0 Å². The van der Waals surface area contributed by atoms with E-state index >= 15 is 0 Å². The second-order valence-corrected chi connectivity index (χ2v) is 9.25. The number of fused-ring (bicyclic) bond motifs is 1. The fourth-order valence-corrected chi connectivity index (χ4v) is 4.87. The summed E-state index contributed by atoms with van der Waals surface area (Å²) in [5, 5.41) is 14.9. The van der Waals surface area contributed by atoms with Gasteiger partial charge >= 0.3 is 0 Å². The molecule has 2 aliphatic carbocycles. The zero-order chi connectivity index (χ0) is 22.6. The summed E-state index contributed by atoms with van der Waals surface area (Å²) in [4.78, 5) is 21.6. The molecule has 1 amide bonds. The van der Waals surface area contributed by atoms with Gasteiger partial charge in [-0.25, -0.2) is 9.50 Å². The van der Waals surface area contributed by atoms with E-state index < -0.39 is 0 Å². The summed E-state index contributed by atoms with van der Waals surface area (Å²) in [5.41, 5.74) is 8.73. The third-order valence-electron chi connectivity index (χ3n) is 6.73. The molecular formula is C24H32N8O. The number of nitrogens with one attached hydrogen (secondary N) is 3. The van der Waals surface area contributed by atoms with Crippen LogP contribution in [-0.4, -0.2) is 43.6 Å². The van der Waals surface area contributed by atoms with Crippen LogP contribution in [-0.2, 0) is 0 Å². The van der Waals surface area contributed by atoms with Gasteiger partial charge in [-0.05, 0) is 50.7 Å². The zero-order valence-electron chi connectivity index (χ0n) is 18.8. The topological polar surface area (TPSA) is 122 Å². The Kier molecular flexibility index (Phi) is 6.39. The molecule has 3 aromatic heterocycles. The molecule has 5 rings (SSSR count). The van der Waals surface area contributed by atoms with Gasteiger partial charge in [-0.2, -0.15) is 0 Å². The molecule has 0 aromatic carbocycles. The molecule has 0 radical (unpaired) electrons. The maximum absolute atomic E-state index is 13.0. The number of aromatic nitrogens is 4. The molecular weight excluding hydrogens is 416 g/mol. The number of amides is 1. The van der Waals surface area contributed by atoms with E-state index in [4.69, 9.17) is 10.8 Å². The van der Waals surface area contributed by atoms with E-state index in [1.54, 1.807) is 35.2 Å². The predicted octanol–water partition coefficient (Wildman–Crippen LogP) is 3.80. The fourth-order valence-electron chi connectivity index (χ4n) is 4.87. The van der Waals surface area contributed by atoms with Gasteiger partial charge in [0.1, 0.15) is 5.82 Å². The van der Waals surface area contributed by atoms with Gasteiger partial charge in [0.2, 0.25) is 0 Å². The number of nitrogens with two attached hydrogens (primary N) is 1. The van der Waals surface area contributed by atoms with Crippen molar-refractivity contribution in [3.63, 3.8) is 0 Å². The van der Waals surface area contributed by atoms with E-state index in [1.165, 1.54) is 19.3 Å². The van der Waals surface area contributed by atoms with Crippen LogP contribution in [0.5, 0.6) is 0 Å². The van der Waals surface area contributed by atoms with Crippen molar-refractivity contribution in [2.45, 2.75) is 75.9 Å². The van der Waals surface area contributed by atoms with E-state index in [2.05, 4.69) is 25.9 Å². The number of rotatable bonds is 6. The lowest BCUT2D eigenvalue weighted by Gasteiger charge is -2.28. The summed E-state index contributed by atoms with van der Waals surface area (Å²) >= 11 is 0. The molecule has 33 heavy (non-hydrogen) atoms. The average Bonchev–Trinajstić information content (AvgIpc) is 3.26. The highest BCUT2D eigenvalue weighted by Crippen LogP contribution is 2.28. The van der Waals surface area contributed by atoms with Crippen molar-refractivity contribution >= 4 is 28.7 Å². The maximum atomic E-state index is 13.0. The van der Waals surface area contributed by atoms with E-state index in [9.17, 15) is 4.79 Å². The van der Waals surface area contributed by atoms with Crippen molar-refractivity contribution in [2.24, 2.45) is 5.73 Å². The Hall–Kier alpha value is -3.20. The number of imidazole rings is 1. The number of carbonyl (C=O) groups excluding carboxylic acids is 1. The Labute approximate surface area is 193 Å². The molecule has 9 heteroatoms. The number of pyridine rings is 1. The predicted molar refractivity (Wildman–Crippen MR) is 130 cm³/mol. The molecule has 0 atom stereocenters. The Balaban J connectivity index is 1.45. The van der Waals surface area contributed by atoms with Crippen molar-refractivity contribution in [3.05, 3.63) is 42.5 Å². The highest BCUT2D eigenvalue weighted by molar-refractivity contribution is 6.03. The normalized spacial score (nSPS) is 21.6. The van der Waals surface area contributed by atoms with Crippen molar-refractivity contribution in [1.82, 2.24) is 19.6 Å². The lowest BCUT2D eigenvalue weighted by atomic mass is 9.92. The second kappa shape index (κ2) is 9.74. The third kappa shape index (κ3) is 5.08. The van der Waals surface area contributed by atoms with Gasteiger partial charge < -0.3 is 21.7 Å². The molecule has 2 fully saturated rings. The molecule has 0 unspecified atom stereocenters. The molecule has 2 aliphatic rings. The van der Waals surface area contributed by atoms with E-state index in [0.29, 0.717) is 35.2 Å². The Morgan fingerprint density at radius 3 is 2.45 bits per heavy atom. The minimum Gasteiger partial charge on any atom is -0.379 e. The van der Waals surface area contributed by atoms with Gasteiger partial charge in [0.05, 0.1) is 11.9 Å². The smallest absolute Gasteiger partial charge is 0.276 e. The number of carbonyl (C=O) groups is 1. The highest BCUT2D eigenvalue weighted by atomic mass is 16.2. The largest absolute Gasteiger partial charge is 0.379 e. The first-order valence-electron chi connectivity index (χ1n) is 12.0. The Bertz CT molecular complexity index is 1080. The third-order valence-corrected chi connectivity index (χ3v) is 6.73. The minimum atomic E-state index is -0.259. The van der Waals surface area contributed by atoms with Crippen molar-refractivity contribution in [3.8, 4) is 0 Å². The lowest BCUT2D eigenvalue weighted by molar-refractivity contribution is 0.102. The molecule has 3 heterocycles. The SMILES string of the molecule is N[C@H]1CC[C@H](Nc2cc(NC3CCCCC3)c3ncc(C(=O)Nc4ccncc4)n3n2)CC1. The van der Waals surface area contributed by atoms with E-state index in [-0.39, 0.29) is 5.91 Å². The molecule has 0 aliphatic heterocycles. The van der Waals surface area contributed by atoms with Crippen molar-refractivity contribution < 1.29 is 4.79 Å². The number of hydrogen-bond acceptors (Lipinski definition) is 7. The molecule has 0 bridgehead atoms. The molecule has 0 saturated heterocycles. The van der Waals surface area contributed by atoms with Gasteiger partial charge in [-0.15, -0.1) is 5.10 Å². The van der Waals surface area contributed by atoms with Crippen molar-refractivity contribution in [2.75, 3.05) is 16.0 Å². The van der Waals surface area contributed by atoms with Crippen LogP contribution in [0.2, 0.25) is 0 Å².